The molecule has 1 fully saturated rings. The number of rotatable bonds is 4. The normalized spacial score (nSPS) is 20.9. The number of hydrogen-bond donors (Lipinski definition) is 1. The number of anilines is 3. The summed E-state index contributed by atoms with van der Waals surface area (Å²) in [5.74, 6) is 0. The molecule has 4 rings (SSSR count). The molecule has 0 bridgehead atoms. The maximum absolute atomic E-state index is 13.3. The predicted molar refractivity (Wildman–Crippen MR) is 102 cm³/mol. The molecule has 7 nitrogen and oxygen atoms in total. The number of fused-ring (bicyclic) bond motifs is 1. The maximum atomic E-state index is 13.3. The zero-order valence-corrected chi connectivity index (χ0v) is 15.8. The van der Waals surface area contributed by atoms with Crippen molar-refractivity contribution >= 4 is 23.1 Å². The van der Waals surface area contributed by atoms with Gasteiger partial charge >= 0.3 is 6.18 Å². The third kappa shape index (κ3) is 3.23. The molecule has 1 aromatic heterocycles. The molecule has 0 amide bonds. The van der Waals surface area contributed by atoms with Crippen molar-refractivity contribution < 1.29 is 24.2 Å². The third-order valence-electron chi connectivity index (χ3n) is 4.91. The van der Waals surface area contributed by atoms with Crippen molar-refractivity contribution in [1.29, 1.82) is 5.40 Å². The maximum Gasteiger partial charge on any atom is 0.416 e. The van der Waals surface area contributed by atoms with Crippen LogP contribution in [0.3, 0.4) is 0 Å². The molecule has 2 aliphatic rings. The summed E-state index contributed by atoms with van der Waals surface area (Å²) in [4.78, 5) is 13.8. The van der Waals surface area contributed by atoms with Crippen LogP contribution in [0.4, 0.5) is 30.2 Å². The van der Waals surface area contributed by atoms with Crippen LogP contribution in [0, 0.1) is 5.40 Å². The lowest BCUT2D eigenvalue weighted by molar-refractivity contribution is -0.137. The zero-order valence-electron chi connectivity index (χ0n) is 16.8. The molecule has 0 spiro atoms. The third-order valence-corrected chi connectivity index (χ3v) is 4.91. The van der Waals surface area contributed by atoms with Crippen molar-refractivity contribution in [3.8, 4) is 0 Å². The standard InChI is InChI=1S/C19H20F3N5O2/c1-3-29-27-15-11-12(19(20,21)22)6-7-13(15)25(2)17(27)16-14(5-4-8-24-16)26-9-10-28-18(26)23/h4-8,11,17,23H,3,9-10H2,1-2H3/b23-18-. The lowest BCUT2D eigenvalue weighted by Gasteiger charge is -2.31. The molecule has 0 aliphatic carbocycles. The molecule has 3 heterocycles. The van der Waals surface area contributed by atoms with Crippen molar-refractivity contribution in [3.63, 3.8) is 0 Å². The topological polar surface area (TPSA) is 64.9 Å². The molecular formula is C19H20F3N5O2. The van der Waals surface area contributed by atoms with E-state index in [0.717, 1.165) is 12.1 Å². The molecule has 1 N–H and O–H groups in total. The Morgan fingerprint density at radius 1 is 1.31 bits per heavy atom. The fourth-order valence-electron chi connectivity index (χ4n) is 3.63. The van der Waals surface area contributed by atoms with E-state index in [0.29, 0.717) is 35.9 Å². The highest BCUT2D eigenvalue weighted by Crippen LogP contribution is 2.48. The molecule has 1 saturated heterocycles. The van der Waals surface area contributed by atoms with Gasteiger partial charge in [0.05, 0.1) is 35.8 Å². The summed E-state index contributed by atoms with van der Waals surface area (Å²) in [6, 6.07) is 7.27. The Bertz CT molecular complexity index is 971. The Kier molecular flexibility index (Phi) is 4.42. The summed E-state index contributed by atoms with van der Waals surface area (Å²) in [6.45, 7) is 2.87. The fraction of sp³-hybridized carbons (Fsp3) is 0.368. The molecule has 1 unspecified atom stereocenters. The number of benzene rings is 1. The predicted octanol–water partition coefficient (Wildman–Crippen LogP) is 3.78. The first kappa shape index (κ1) is 18.0. The van der Waals surface area contributed by atoms with Crippen molar-refractivity contribution in [2.45, 2.75) is 19.3 Å². The van der Waals surface area contributed by atoms with Gasteiger partial charge in [-0.2, -0.15) is 13.2 Å². The van der Waals surface area contributed by atoms with Gasteiger partial charge in [-0.3, -0.25) is 20.1 Å². The van der Waals surface area contributed by atoms with Crippen LogP contribution in [0.15, 0.2) is 36.5 Å². The highest BCUT2D eigenvalue weighted by Gasteiger charge is 2.41. The first-order valence-corrected chi connectivity index (χ1v) is 9.10. The molecule has 2 aromatic rings. The molecule has 1 aromatic carbocycles. The summed E-state index contributed by atoms with van der Waals surface area (Å²) >= 11 is 0. The molecule has 29 heavy (non-hydrogen) atoms. The molecule has 1 atom stereocenters. The van der Waals surface area contributed by atoms with E-state index in [1.165, 1.54) is 11.1 Å². The highest BCUT2D eigenvalue weighted by atomic mass is 19.4. The van der Waals surface area contributed by atoms with Gasteiger partial charge in [0.1, 0.15) is 12.3 Å². The van der Waals surface area contributed by atoms with Gasteiger partial charge in [0.15, 0.2) is 7.58 Å². The molecule has 0 saturated carbocycles. The number of hydroxylamine groups is 1. The highest BCUT2D eigenvalue weighted by molar-refractivity contribution is 5.92. The minimum atomic E-state index is -4.47. The molecular weight excluding hydrogens is 387 g/mol. The van der Waals surface area contributed by atoms with Crippen LogP contribution in [0.25, 0.3) is 0 Å². The van der Waals surface area contributed by atoms with Crippen LogP contribution in [0.2, 0.25) is 1.41 Å². The van der Waals surface area contributed by atoms with Crippen LogP contribution in [0.5, 0.6) is 0 Å². The van der Waals surface area contributed by atoms with Gasteiger partial charge < -0.3 is 9.64 Å². The second-order valence-corrected chi connectivity index (χ2v) is 6.62. The Morgan fingerprint density at radius 2 is 2.14 bits per heavy atom. The van der Waals surface area contributed by atoms with Crippen molar-refractivity contribution in [3.05, 3.63) is 47.8 Å². The summed E-state index contributed by atoms with van der Waals surface area (Å²) in [5.41, 5.74) is 1.34. The van der Waals surface area contributed by atoms with Crippen molar-refractivity contribution in [2.75, 3.05) is 41.7 Å². The number of aromatic nitrogens is 1. The first-order chi connectivity index (χ1) is 14.4. The SMILES string of the molecule is [H]/N=C1\OCCN1c1cccnc1C1N(C)c2ccc(C(F)(F)F)cc2N1OCC. The van der Waals surface area contributed by atoms with Gasteiger partial charge in [-0.1, -0.05) is 0 Å². The van der Waals surface area contributed by atoms with E-state index in [1.807, 2.05) is 11.0 Å². The van der Waals surface area contributed by atoms with Crippen LogP contribution in [-0.2, 0) is 15.8 Å². The van der Waals surface area contributed by atoms with E-state index < -0.39 is 17.9 Å². The van der Waals surface area contributed by atoms with E-state index >= 15 is 0 Å². The quantitative estimate of drug-likeness (QED) is 0.832. The number of alkyl halides is 3. The van der Waals surface area contributed by atoms with E-state index in [2.05, 4.69) is 10.4 Å². The number of nitrogens with zero attached hydrogens (tertiary/aromatic N) is 4. The van der Waals surface area contributed by atoms with Crippen molar-refractivity contribution in [1.82, 2.24) is 4.98 Å². The number of hydrogen-bond acceptors (Lipinski definition) is 6. The van der Waals surface area contributed by atoms with Gasteiger partial charge in [0.2, 0.25) is 0 Å². The van der Waals surface area contributed by atoms with Crippen LogP contribution in [-0.4, -0.2) is 37.8 Å². The number of nitrogens with one attached hydrogen (secondary N) is 1. The lowest BCUT2D eigenvalue weighted by Crippen LogP contribution is -2.36. The number of halogens is 3. The van der Waals surface area contributed by atoms with Gasteiger partial charge in [-0.25, -0.2) is 5.06 Å². The van der Waals surface area contributed by atoms with E-state index in [-0.39, 0.29) is 12.6 Å². The number of pyridine rings is 1. The number of amidine groups is 1. The zero-order chi connectivity index (χ0) is 21.5. The smallest absolute Gasteiger partial charge is 0.416 e. The second kappa shape index (κ2) is 7.11. The number of ether oxygens (including phenoxy) is 1. The molecule has 10 heteroatoms. The molecule has 2 aliphatic heterocycles. The Hall–Kier alpha value is -3.01. The first-order valence-electron chi connectivity index (χ1n) is 9.55. The van der Waals surface area contributed by atoms with Crippen LogP contribution in [0.1, 0.15) is 24.3 Å². The van der Waals surface area contributed by atoms with Crippen LogP contribution >= 0.6 is 0 Å². The Labute approximate surface area is 167 Å². The average Bonchev–Trinajstić information content (AvgIpc) is 3.30. The molecule has 0 radical (unpaired) electrons. The minimum Gasteiger partial charge on any atom is -0.463 e. The van der Waals surface area contributed by atoms with Gasteiger partial charge in [-0.15, -0.1) is 0 Å². The monoisotopic (exact) mass is 407 g/mol. The summed E-state index contributed by atoms with van der Waals surface area (Å²) in [5, 5.41) is 4.87. The Balaban J connectivity index is 1.81. The summed E-state index contributed by atoms with van der Waals surface area (Å²) in [7, 11) is 1.77. The minimum absolute atomic E-state index is 0.143. The van der Waals surface area contributed by atoms with Gasteiger partial charge in [-0.05, 0) is 37.3 Å². The molecule has 154 valence electrons. The van der Waals surface area contributed by atoms with Crippen molar-refractivity contribution in [2.24, 2.45) is 0 Å². The van der Waals surface area contributed by atoms with Gasteiger partial charge in [0.25, 0.3) is 6.02 Å². The van der Waals surface area contributed by atoms with E-state index in [4.69, 9.17) is 11.0 Å². The average molecular weight is 407 g/mol. The summed E-state index contributed by atoms with van der Waals surface area (Å²) in [6.07, 6.45) is -3.48. The second-order valence-electron chi connectivity index (χ2n) is 6.62. The summed E-state index contributed by atoms with van der Waals surface area (Å²) < 4.78 is 52.6. The lowest BCUT2D eigenvalue weighted by atomic mass is 10.1. The largest absolute Gasteiger partial charge is 0.463 e. The van der Waals surface area contributed by atoms with E-state index in [9.17, 15) is 13.2 Å². The Morgan fingerprint density at radius 3 is 2.86 bits per heavy atom. The van der Waals surface area contributed by atoms with Gasteiger partial charge in [0, 0.05) is 13.2 Å². The fourth-order valence-corrected chi connectivity index (χ4v) is 3.63. The van der Waals surface area contributed by atoms with E-state index in [1.54, 1.807) is 31.1 Å². The van der Waals surface area contributed by atoms with Crippen LogP contribution < -0.4 is 14.9 Å².